The summed E-state index contributed by atoms with van der Waals surface area (Å²) in [6, 6.07) is 3.27. The largest absolute Gasteiger partial charge is 0.868 e. The van der Waals surface area contributed by atoms with Crippen molar-refractivity contribution in [1.82, 2.24) is 20.4 Å². The van der Waals surface area contributed by atoms with Gasteiger partial charge in [0.1, 0.15) is 4.99 Å². The van der Waals surface area contributed by atoms with E-state index in [1.54, 1.807) is 12.1 Å². The Morgan fingerprint density at radius 2 is 1.65 bits per heavy atom. The molecule has 3 heterocycles. The minimum atomic E-state index is -1.13. The SMILES string of the molecule is S=C1C=NC(OB(Oc2ccn[nH]2)Oc2ccn[nH]2)=N1. The molecule has 0 aromatic carbocycles. The maximum absolute atomic E-state index is 5.42. The molecule has 0 fully saturated rings. The number of aliphatic imine (C=N–C) groups is 2. The van der Waals surface area contributed by atoms with Crippen LogP contribution in [0.4, 0.5) is 0 Å². The number of thiocarbonyl (C=S) groups is 1. The maximum Gasteiger partial charge on any atom is 0.868 e. The molecule has 0 atom stereocenters. The quantitative estimate of drug-likeness (QED) is 0.607. The summed E-state index contributed by atoms with van der Waals surface area (Å²) in [5.74, 6) is 0.722. The van der Waals surface area contributed by atoms with Gasteiger partial charge in [-0.1, -0.05) is 12.2 Å². The number of amidine groups is 1. The summed E-state index contributed by atoms with van der Waals surface area (Å²) >= 11 is 4.85. The molecule has 2 aromatic rings. The summed E-state index contributed by atoms with van der Waals surface area (Å²) < 4.78 is 16.2. The fraction of sp³-hybridized carbons (Fsp3) is 0. The Bertz CT molecular complexity index is 604. The van der Waals surface area contributed by atoms with E-state index in [1.807, 2.05) is 0 Å². The molecule has 0 amide bonds. The van der Waals surface area contributed by atoms with Crippen molar-refractivity contribution in [3.8, 4) is 11.8 Å². The number of rotatable bonds is 5. The minimum absolute atomic E-state index is 0.0547. The third-order valence-corrected chi connectivity index (χ3v) is 2.29. The summed E-state index contributed by atoms with van der Waals surface area (Å²) in [6.45, 7) is 0. The molecular formula is C9H7BN6O3S. The van der Waals surface area contributed by atoms with Crippen LogP contribution in [0.25, 0.3) is 0 Å². The lowest BCUT2D eigenvalue weighted by atomic mass is 10.2. The lowest BCUT2D eigenvalue weighted by Gasteiger charge is -2.12. The number of H-pyrrole nitrogens is 2. The van der Waals surface area contributed by atoms with Crippen LogP contribution >= 0.6 is 12.2 Å². The van der Waals surface area contributed by atoms with Crippen molar-refractivity contribution < 1.29 is 14.0 Å². The Morgan fingerprint density at radius 1 is 1.00 bits per heavy atom. The molecule has 0 aliphatic carbocycles. The van der Waals surface area contributed by atoms with Crippen molar-refractivity contribution in [1.29, 1.82) is 0 Å². The number of hydrogen-bond acceptors (Lipinski definition) is 7. The molecule has 0 bridgehead atoms. The monoisotopic (exact) mass is 290 g/mol. The van der Waals surface area contributed by atoms with Crippen molar-refractivity contribution >= 4 is 36.8 Å². The minimum Gasteiger partial charge on any atom is -0.475 e. The molecular weight excluding hydrogens is 283 g/mol. The highest BCUT2D eigenvalue weighted by Gasteiger charge is 2.33. The highest BCUT2D eigenvalue weighted by Crippen LogP contribution is 2.11. The van der Waals surface area contributed by atoms with E-state index in [1.165, 1.54) is 18.6 Å². The highest BCUT2D eigenvalue weighted by molar-refractivity contribution is 7.81. The number of nitrogens with one attached hydrogen (secondary N) is 2. The van der Waals surface area contributed by atoms with E-state index >= 15 is 0 Å². The third-order valence-electron chi connectivity index (χ3n) is 2.09. The molecule has 1 aliphatic rings. The topological polar surface area (TPSA) is 110 Å². The second-order valence-corrected chi connectivity index (χ2v) is 3.89. The van der Waals surface area contributed by atoms with E-state index in [-0.39, 0.29) is 6.02 Å². The van der Waals surface area contributed by atoms with Crippen LogP contribution in [0.1, 0.15) is 0 Å². The van der Waals surface area contributed by atoms with Gasteiger partial charge in [-0.15, -0.1) is 0 Å². The third kappa shape index (κ3) is 3.01. The van der Waals surface area contributed by atoms with Crippen LogP contribution in [-0.4, -0.2) is 44.9 Å². The Morgan fingerprint density at radius 3 is 2.10 bits per heavy atom. The van der Waals surface area contributed by atoms with Crippen molar-refractivity contribution in [2.24, 2.45) is 9.98 Å². The highest BCUT2D eigenvalue weighted by atomic mass is 32.1. The van der Waals surface area contributed by atoms with Gasteiger partial charge < -0.3 is 14.0 Å². The smallest absolute Gasteiger partial charge is 0.475 e. The molecule has 0 radical (unpaired) electrons. The first-order valence-corrected chi connectivity index (χ1v) is 5.86. The Hall–Kier alpha value is -2.69. The van der Waals surface area contributed by atoms with Gasteiger partial charge >= 0.3 is 13.3 Å². The average Bonchev–Trinajstić information content (AvgIpc) is 3.13. The zero-order valence-electron chi connectivity index (χ0n) is 9.89. The summed E-state index contributed by atoms with van der Waals surface area (Å²) in [6.07, 6.45) is 4.46. The first kappa shape index (κ1) is 12.4. The van der Waals surface area contributed by atoms with Gasteiger partial charge in [0.2, 0.25) is 0 Å². The van der Waals surface area contributed by atoms with Crippen molar-refractivity contribution in [3.63, 3.8) is 0 Å². The van der Waals surface area contributed by atoms with E-state index in [2.05, 4.69) is 30.4 Å². The molecule has 2 N–H and O–H groups in total. The van der Waals surface area contributed by atoms with Crippen molar-refractivity contribution in [3.05, 3.63) is 24.5 Å². The Labute approximate surface area is 118 Å². The molecule has 11 heteroatoms. The lowest BCUT2D eigenvalue weighted by Crippen LogP contribution is -2.35. The van der Waals surface area contributed by atoms with Gasteiger partial charge in [0.15, 0.2) is 11.8 Å². The number of aromatic nitrogens is 4. The maximum atomic E-state index is 5.42. The molecule has 0 spiro atoms. The zero-order chi connectivity index (χ0) is 13.8. The van der Waals surface area contributed by atoms with Crippen molar-refractivity contribution in [2.45, 2.75) is 0 Å². The average molecular weight is 290 g/mol. The van der Waals surface area contributed by atoms with Crippen LogP contribution in [0.15, 0.2) is 34.5 Å². The Kier molecular flexibility index (Phi) is 3.41. The Balaban J connectivity index is 1.71. The van der Waals surface area contributed by atoms with Gasteiger partial charge in [-0.25, -0.2) is 15.2 Å². The molecule has 20 heavy (non-hydrogen) atoms. The van der Waals surface area contributed by atoms with Gasteiger partial charge in [-0.2, -0.15) is 15.2 Å². The number of nitrogens with zero attached hydrogens (tertiary/aromatic N) is 4. The van der Waals surface area contributed by atoms with Gasteiger partial charge in [0, 0.05) is 12.1 Å². The molecule has 1 aliphatic heterocycles. The predicted molar refractivity (Wildman–Crippen MR) is 73.8 cm³/mol. The van der Waals surface area contributed by atoms with Gasteiger partial charge in [0.05, 0.1) is 18.6 Å². The van der Waals surface area contributed by atoms with Crippen molar-refractivity contribution in [2.75, 3.05) is 0 Å². The van der Waals surface area contributed by atoms with E-state index in [0.29, 0.717) is 16.7 Å². The molecule has 0 saturated carbocycles. The summed E-state index contributed by atoms with van der Waals surface area (Å²) in [5, 5.41) is 12.7. The fourth-order valence-electron chi connectivity index (χ4n) is 1.30. The van der Waals surface area contributed by atoms with Crippen LogP contribution in [-0.2, 0) is 4.65 Å². The van der Waals surface area contributed by atoms with E-state index in [0.717, 1.165) is 0 Å². The number of hydrogen-bond donors (Lipinski definition) is 2. The van der Waals surface area contributed by atoms with Crippen LogP contribution in [0.3, 0.4) is 0 Å². The second-order valence-electron chi connectivity index (χ2n) is 3.47. The van der Waals surface area contributed by atoms with Gasteiger partial charge in [-0.3, -0.25) is 0 Å². The van der Waals surface area contributed by atoms with Crippen LogP contribution in [0.2, 0.25) is 0 Å². The van der Waals surface area contributed by atoms with Crippen LogP contribution in [0.5, 0.6) is 11.8 Å². The molecule has 9 nitrogen and oxygen atoms in total. The summed E-state index contributed by atoms with van der Waals surface area (Å²) in [4.78, 5) is 8.06. The predicted octanol–water partition coefficient (Wildman–Crippen LogP) is 0.360. The number of aromatic amines is 2. The van der Waals surface area contributed by atoms with Crippen LogP contribution in [0, 0.1) is 0 Å². The van der Waals surface area contributed by atoms with E-state index < -0.39 is 7.32 Å². The first-order chi connectivity index (χ1) is 9.79. The summed E-state index contributed by atoms with van der Waals surface area (Å²) in [5.41, 5.74) is 0. The molecule has 3 rings (SSSR count). The van der Waals surface area contributed by atoms with Gasteiger partial charge in [-0.05, 0) is 0 Å². The summed E-state index contributed by atoms with van der Waals surface area (Å²) in [7, 11) is -1.13. The zero-order valence-corrected chi connectivity index (χ0v) is 10.7. The fourth-order valence-corrected chi connectivity index (χ4v) is 1.43. The standard InChI is InChI=1S/C9H7BN6O3S/c20-8-5-11-9(14-8)19-10(17-6-1-3-12-15-6)18-7-2-4-13-16-7/h1-5H,(H,12,15)(H,13,16). The van der Waals surface area contributed by atoms with E-state index in [4.69, 9.17) is 26.2 Å². The second kappa shape index (κ2) is 5.53. The molecule has 100 valence electrons. The molecule has 0 saturated heterocycles. The molecule has 2 aromatic heterocycles. The van der Waals surface area contributed by atoms with Gasteiger partial charge in [0.25, 0.3) is 0 Å². The first-order valence-electron chi connectivity index (χ1n) is 5.45. The normalized spacial score (nSPS) is 13.2. The lowest BCUT2D eigenvalue weighted by molar-refractivity contribution is 0.290. The molecule has 0 unspecified atom stereocenters. The van der Waals surface area contributed by atoms with Crippen LogP contribution < -0.4 is 9.31 Å². The van der Waals surface area contributed by atoms with E-state index in [9.17, 15) is 0 Å².